The summed E-state index contributed by atoms with van der Waals surface area (Å²) in [7, 11) is 0. The molecule has 2 rings (SSSR count). The van der Waals surface area contributed by atoms with Crippen LogP contribution < -0.4 is 11.1 Å². The maximum atomic E-state index is 12.0. The number of carbonyl (C=O) groups excluding carboxylic acids is 1. The van der Waals surface area contributed by atoms with Crippen LogP contribution in [-0.2, 0) is 4.79 Å². The molecule has 1 aromatic rings. The minimum Gasteiger partial charge on any atom is -0.478 e. The molecule has 0 spiro atoms. The number of hydrogen-bond donors (Lipinski definition) is 3. The summed E-state index contributed by atoms with van der Waals surface area (Å²) in [6.45, 7) is 0.337. The minimum atomic E-state index is -1.01. The topological polar surface area (TPSA) is 92.4 Å². The normalized spacial score (nSPS) is 16.1. The maximum Gasteiger partial charge on any atom is 0.335 e. The second-order valence-corrected chi connectivity index (χ2v) is 5.29. The molecule has 0 aliphatic heterocycles. The summed E-state index contributed by atoms with van der Waals surface area (Å²) < 4.78 is 0.545. The predicted molar refractivity (Wildman–Crippen MR) is 70.5 cm³/mol. The third-order valence-corrected chi connectivity index (χ3v) is 3.85. The first-order chi connectivity index (χ1) is 8.48. The maximum absolute atomic E-state index is 12.0. The number of aromatic carboxylic acids is 1. The molecule has 0 unspecified atom stereocenters. The molecular formula is C12H13BrN2O3. The summed E-state index contributed by atoms with van der Waals surface area (Å²) in [6.07, 6.45) is 1.61. The first kappa shape index (κ1) is 13.0. The fraction of sp³-hybridized carbons (Fsp3) is 0.333. The van der Waals surface area contributed by atoms with Crippen LogP contribution in [0.2, 0.25) is 0 Å². The van der Waals surface area contributed by atoms with E-state index in [1.54, 1.807) is 6.07 Å². The zero-order valence-corrected chi connectivity index (χ0v) is 11.2. The number of amides is 1. The zero-order valence-electron chi connectivity index (χ0n) is 9.57. The number of hydrogen-bond acceptors (Lipinski definition) is 3. The van der Waals surface area contributed by atoms with Crippen molar-refractivity contribution in [3.8, 4) is 0 Å². The van der Waals surface area contributed by atoms with Crippen LogP contribution in [0, 0.1) is 5.41 Å². The molecule has 0 heterocycles. The summed E-state index contributed by atoms with van der Waals surface area (Å²) >= 11 is 3.24. The molecule has 1 aromatic carbocycles. The minimum absolute atomic E-state index is 0.103. The quantitative estimate of drug-likeness (QED) is 0.790. The van der Waals surface area contributed by atoms with Crippen molar-refractivity contribution in [2.24, 2.45) is 11.1 Å². The molecule has 1 saturated carbocycles. The first-order valence-corrected chi connectivity index (χ1v) is 6.32. The first-order valence-electron chi connectivity index (χ1n) is 5.53. The lowest BCUT2D eigenvalue weighted by Crippen LogP contribution is -2.30. The Balaban J connectivity index is 2.15. The summed E-state index contributed by atoms with van der Waals surface area (Å²) in [6, 6.07) is 4.47. The standard InChI is InChI=1S/C12H13BrN2O3/c13-8-5-7(10(16)17)1-2-9(8)15-11(18)12(6-14)3-4-12/h1-2,5H,3-4,6,14H2,(H,15,18)(H,16,17). The van der Waals surface area contributed by atoms with Gasteiger partial charge in [0.15, 0.2) is 0 Å². The largest absolute Gasteiger partial charge is 0.478 e. The third-order valence-electron chi connectivity index (χ3n) is 3.19. The van der Waals surface area contributed by atoms with Crippen LogP contribution in [-0.4, -0.2) is 23.5 Å². The van der Waals surface area contributed by atoms with Gasteiger partial charge in [-0.05, 0) is 47.0 Å². The Hall–Kier alpha value is -1.40. The van der Waals surface area contributed by atoms with E-state index in [1.807, 2.05) is 0 Å². The van der Waals surface area contributed by atoms with Crippen LogP contribution in [0.1, 0.15) is 23.2 Å². The SMILES string of the molecule is NCC1(C(=O)Nc2ccc(C(=O)O)cc2Br)CC1. The summed E-state index contributed by atoms with van der Waals surface area (Å²) in [5, 5.41) is 11.6. The number of nitrogens with one attached hydrogen (secondary N) is 1. The van der Waals surface area contributed by atoms with Crippen LogP contribution in [0.4, 0.5) is 5.69 Å². The van der Waals surface area contributed by atoms with Gasteiger partial charge in [0.2, 0.25) is 5.91 Å². The van der Waals surface area contributed by atoms with E-state index >= 15 is 0 Å². The van der Waals surface area contributed by atoms with E-state index in [4.69, 9.17) is 10.8 Å². The average molecular weight is 313 g/mol. The monoisotopic (exact) mass is 312 g/mol. The summed E-state index contributed by atoms with van der Waals surface area (Å²) in [5.74, 6) is -1.11. The Morgan fingerprint density at radius 1 is 1.44 bits per heavy atom. The van der Waals surface area contributed by atoms with E-state index in [0.717, 1.165) is 12.8 Å². The van der Waals surface area contributed by atoms with Gasteiger partial charge in [0, 0.05) is 11.0 Å². The van der Waals surface area contributed by atoms with Gasteiger partial charge in [-0.1, -0.05) is 0 Å². The molecule has 0 bridgehead atoms. The lowest BCUT2D eigenvalue weighted by Gasteiger charge is -2.14. The number of carboxylic acid groups (broad SMARTS) is 1. The van der Waals surface area contributed by atoms with Crippen molar-refractivity contribution < 1.29 is 14.7 Å². The zero-order chi connectivity index (χ0) is 13.3. The molecule has 4 N–H and O–H groups in total. The van der Waals surface area contributed by atoms with Crippen molar-refractivity contribution in [3.63, 3.8) is 0 Å². The van der Waals surface area contributed by atoms with Crippen molar-refractivity contribution in [1.29, 1.82) is 0 Å². The van der Waals surface area contributed by atoms with Crippen LogP contribution >= 0.6 is 15.9 Å². The molecular weight excluding hydrogens is 300 g/mol. The molecule has 5 nitrogen and oxygen atoms in total. The van der Waals surface area contributed by atoms with Gasteiger partial charge in [-0.2, -0.15) is 0 Å². The van der Waals surface area contributed by atoms with Crippen molar-refractivity contribution >= 4 is 33.5 Å². The average Bonchev–Trinajstić information content (AvgIpc) is 3.12. The molecule has 18 heavy (non-hydrogen) atoms. The molecule has 0 aromatic heterocycles. The molecule has 0 atom stereocenters. The molecule has 1 fully saturated rings. The Kier molecular flexibility index (Phi) is 3.41. The number of benzene rings is 1. The van der Waals surface area contributed by atoms with E-state index in [1.165, 1.54) is 12.1 Å². The number of halogens is 1. The van der Waals surface area contributed by atoms with Crippen molar-refractivity contribution in [2.75, 3.05) is 11.9 Å². The highest BCUT2D eigenvalue weighted by atomic mass is 79.9. The molecule has 1 aliphatic rings. The Bertz CT molecular complexity index is 512. The van der Waals surface area contributed by atoms with E-state index in [0.29, 0.717) is 16.7 Å². The molecule has 96 valence electrons. The molecule has 0 radical (unpaired) electrons. The molecule has 0 saturated heterocycles. The van der Waals surface area contributed by atoms with E-state index in [-0.39, 0.29) is 11.5 Å². The van der Waals surface area contributed by atoms with Gasteiger partial charge in [0.05, 0.1) is 16.7 Å². The second kappa shape index (κ2) is 4.70. The lowest BCUT2D eigenvalue weighted by molar-refractivity contribution is -0.120. The van der Waals surface area contributed by atoms with Crippen LogP contribution in [0.15, 0.2) is 22.7 Å². The summed E-state index contributed by atoms with van der Waals surface area (Å²) in [4.78, 5) is 22.7. The number of rotatable bonds is 4. The fourth-order valence-corrected chi connectivity index (χ4v) is 2.16. The van der Waals surface area contributed by atoms with Crippen molar-refractivity contribution in [3.05, 3.63) is 28.2 Å². The van der Waals surface area contributed by atoms with Gasteiger partial charge in [-0.15, -0.1) is 0 Å². The number of anilines is 1. The highest BCUT2D eigenvalue weighted by Crippen LogP contribution is 2.45. The van der Waals surface area contributed by atoms with E-state index in [2.05, 4.69) is 21.2 Å². The number of nitrogens with two attached hydrogens (primary N) is 1. The van der Waals surface area contributed by atoms with Gasteiger partial charge in [-0.3, -0.25) is 4.79 Å². The Morgan fingerprint density at radius 3 is 2.56 bits per heavy atom. The van der Waals surface area contributed by atoms with Gasteiger partial charge in [0.25, 0.3) is 0 Å². The lowest BCUT2D eigenvalue weighted by atomic mass is 10.1. The second-order valence-electron chi connectivity index (χ2n) is 4.44. The smallest absolute Gasteiger partial charge is 0.335 e. The molecule has 6 heteroatoms. The Labute approximate surface area is 112 Å². The van der Waals surface area contributed by atoms with Crippen LogP contribution in [0.5, 0.6) is 0 Å². The van der Waals surface area contributed by atoms with Crippen molar-refractivity contribution in [2.45, 2.75) is 12.8 Å². The van der Waals surface area contributed by atoms with E-state index < -0.39 is 11.4 Å². The van der Waals surface area contributed by atoms with Crippen molar-refractivity contribution in [1.82, 2.24) is 0 Å². The predicted octanol–water partition coefficient (Wildman–Crippen LogP) is 1.82. The van der Waals surface area contributed by atoms with Gasteiger partial charge in [0.1, 0.15) is 0 Å². The molecule has 1 amide bonds. The van der Waals surface area contributed by atoms with E-state index in [9.17, 15) is 9.59 Å². The number of carbonyl (C=O) groups is 2. The van der Waals surface area contributed by atoms with Gasteiger partial charge in [-0.25, -0.2) is 4.79 Å². The third kappa shape index (κ3) is 2.39. The number of carboxylic acids is 1. The van der Waals surface area contributed by atoms with Gasteiger partial charge >= 0.3 is 5.97 Å². The van der Waals surface area contributed by atoms with Crippen LogP contribution in [0.3, 0.4) is 0 Å². The molecule has 1 aliphatic carbocycles. The van der Waals surface area contributed by atoms with Crippen LogP contribution in [0.25, 0.3) is 0 Å². The highest BCUT2D eigenvalue weighted by molar-refractivity contribution is 9.10. The van der Waals surface area contributed by atoms with Gasteiger partial charge < -0.3 is 16.2 Å². The Morgan fingerprint density at radius 2 is 2.11 bits per heavy atom. The summed E-state index contributed by atoms with van der Waals surface area (Å²) in [5.41, 5.74) is 5.88. The highest BCUT2D eigenvalue weighted by Gasteiger charge is 2.48. The fourth-order valence-electron chi connectivity index (χ4n) is 1.68.